The van der Waals surface area contributed by atoms with Crippen LogP contribution in [0.4, 0.5) is 13.2 Å². The van der Waals surface area contributed by atoms with Gasteiger partial charge in [-0.25, -0.2) is 0 Å². The molecule has 0 aliphatic carbocycles. The maximum Gasteiger partial charge on any atom is 0.416 e. The van der Waals surface area contributed by atoms with Crippen molar-refractivity contribution in [2.75, 3.05) is 0 Å². The molecule has 0 radical (unpaired) electrons. The van der Waals surface area contributed by atoms with Crippen LogP contribution in [0.5, 0.6) is 0 Å². The van der Waals surface area contributed by atoms with Gasteiger partial charge in [0, 0.05) is 4.47 Å². The van der Waals surface area contributed by atoms with Crippen LogP contribution in [-0.2, 0) is 24.1 Å². The molecule has 106 valence electrons. The van der Waals surface area contributed by atoms with E-state index in [4.69, 9.17) is 4.74 Å². The summed E-state index contributed by atoms with van der Waals surface area (Å²) in [5.41, 5.74) is 1.09. The highest BCUT2D eigenvalue weighted by atomic mass is 79.9. The molecule has 2 aromatic carbocycles. The Morgan fingerprint density at radius 2 is 1.25 bits per heavy atom. The van der Waals surface area contributed by atoms with Gasteiger partial charge in [0.25, 0.3) is 0 Å². The third-order valence-electron chi connectivity index (χ3n) is 2.73. The van der Waals surface area contributed by atoms with Gasteiger partial charge in [-0.1, -0.05) is 40.2 Å². The fraction of sp³-hybridized carbons (Fsp3) is 0.200. The van der Waals surface area contributed by atoms with Crippen molar-refractivity contribution >= 4 is 15.9 Å². The molecule has 0 aliphatic heterocycles. The van der Waals surface area contributed by atoms with Crippen molar-refractivity contribution in [3.63, 3.8) is 0 Å². The van der Waals surface area contributed by atoms with E-state index in [9.17, 15) is 13.2 Å². The second-order valence-corrected chi connectivity index (χ2v) is 5.23. The fourth-order valence-corrected chi connectivity index (χ4v) is 1.92. The van der Waals surface area contributed by atoms with Gasteiger partial charge in [0.05, 0.1) is 18.8 Å². The lowest BCUT2D eigenvalue weighted by Gasteiger charge is -2.08. The number of halogens is 4. The summed E-state index contributed by atoms with van der Waals surface area (Å²) in [5, 5.41) is 0. The highest BCUT2D eigenvalue weighted by molar-refractivity contribution is 9.10. The number of hydrogen-bond acceptors (Lipinski definition) is 1. The zero-order valence-electron chi connectivity index (χ0n) is 10.5. The summed E-state index contributed by atoms with van der Waals surface area (Å²) in [7, 11) is 0. The van der Waals surface area contributed by atoms with Crippen LogP contribution in [0.1, 0.15) is 16.7 Å². The molecule has 0 aliphatic rings. The van der Waals surface area contributed by atoms with Crippen LogP contribution >= 0.6 is 15.9 Å². The van der Waals surface area contributed by atoms with Crippen LogP contribution in [0.25, 0.3) is 0 Å². The lowest BCUT2D eigenvalue weighted by atomic mass is 10.1. The van der Waals surface area contributed by atoms with Gasteiger partial charge in [-0.15, -0.1) is 0 Å². The quantitative estimate of drug-likeness (QED) is 0.742. The zero-order chi connectivity index (χ0) is 14.6. The first kappa shape index (κ1) is 15.1. The summed E-state index contributed by atoms with van der Waals surface area (Å²) < 4.78 is 43.6. The number of hydrogen-bond donors (Lipinski definition) is 0. The van der Waals surface area contributed by atoms with Crippen molar-refractivity contribution in [1.29, 1.82) is 0 Å². The van der Waals surface area contributed by atoms with Crippen LogP contribution in [0.15, 0.2) is 53.0 Å². The van der Waals surface area contributed by atoms with E-state index >= 15 is 0 Å². The molecule has 2 rings (SSSR count). The maximum atomic E-state index is 12.4. The molecule has 1 nitrogen and oxygen atoms in total. The molecule has 0 saturated heterocycles. The van der Waals surface area contributed by atoms with E-state index in [0.29, 0.717) is 6.61 Å². The van der Waals surface area contributed by atoms with Gasteiger partial charge in [0.1, 0.15) is 0 Å². The van der Waals surface area contributed by atoms with Crippen molar-refractivity contribution in [2.24, 2.45) is 0 Å². The van der Waals surface area contributed by atoms with E-state index in [0.717, 1.165) is 27.7 Å². The summed E-state index contributed by atoms with van der Waals surface area (Å²) in [6, 6.07) is 12.7. The zero-order valence-corrected chi connectivity index (χ0v) is 12.0. The Morgan fingerprint density at radius 3 is 1.70 bits per heavy atom. The van der Waals surface area contributed by atoms with Crippen LogP contribution < -0.4 is 0 Å². The number of alkyl halides is 3. The standard InChI is InChI=1S/C15H12BrF3O/c16-14-7-3-12(4-8-14)10-20-9-11-1-5-13(6-2-11)15(17,18)19/h1-8H,9-10H2. The average Bonchev–Trinajstić information content (AvgIpc) is 2.41. The molecule has 0 fully saturated rings. The molecular weight excluding hydrogens is 333 g/mol. The molecule has 0 bridgehead atoms. The maximum absolute atomic E-state index is 12.4. The highest BCUT2D eigenvalue weighted by Gasteiger charge is 2.29. The van der Waals surface area contributed by atoms with Crippen molar-refractivity contribution < 1.29 is 17.9 Å². The van der Waals surface area contributed by atoms with Gasteiger partial charge in [-0.05, 0) is 35.4 Å². The molecule has 0 amide bonds. The Labute approximate surface area is 123 Å². The predicted octanol–water partition coefficient (Wildman–Crippen LogP) is 5.18. The summed E-state index contributed by atoms with van der Waals surface area (Å²) in [6.07, 6.45) is -4.29. The second kappa shape index (κ2) is 6.41. The van der Waals surface area contributed by atoms with Gasteiger partial charge in [-0.2, -0.15) is 13.2 Å². The van der Waals surface area contributed by atoms with Crippen LogP contribution in [-0.4, -0.2) is 0 Å². The van der Waals surface area contributed by atoms with E-state index in [1.165, 1.54) is 12.1 Å². The largest absolute Gasteiger partial charge is 0.416 e. The summed E-state index contributed by atoms with van der Waals surface area (Å²) in [6.45, 7) is 0.711. The van der Waals surface area contributed by atoms with E-state index in [-0.39, 0.29) is 6.61 Å². The second-order valence-electron chi connectivity index (χ2n) is 4.31. The molecular formula is C15H12BrF3O. The van der Waals surface area contributed by atoms with Gasteiger partial charge in [-0.3, -0.25) is 0 Å². The normalized spacial score (nSPS) is 11.6. The number of benzene rings is 2. The van der Waals surface area contributed by atoms with E-state index in [1.807, 2.05) is 24.3 Å². The Kier molecular flexibility index (Phi) is 4.83. The van der Waals surface area contributed by atoms with Gasteiger partial charge in [0.2, 0.25) is 0 Å². The number of rotatable bonds is 4. The molecule has 0 saturated carbocycles. The molecule has 0 N–H and O–H groups in total. The monoisotopic (exact) mass is 344 g/mol. The molecule has 0 atom stereocenters. The number of ether oxygens (including phenoxy) is 1. The van der Waals surface area contributed by atoms with Gasteiger partial charge in [0.15, 0.2) is 0 Å². The molecule has 5 heteroatoms. The first-order valence-electron chi connectivity index (χ1n) is 5.93. The minimum absolute atomic E-state index is 0.286. The summed E-state index contributed by atoms with van der Waals surface area (Å²) >= 11 is 3.34. The van der Waals surface area contributed by atoms with E-state index in [1.54, 1.807) is 0 Å². The third-order valence-corrected chi connectivity index (χ3v) is 3.26. The van der Waals surface area contributed by atoms with Crippen LogP contribution in [0, 0.1) is 0 Å². The lowest BCUT2D eigenvalue weighted by molar-refractivity contribution is -0.137. The molecule has 0 aromatic heterocycles. The van der Waals surface area contributed by atoms with Crippen LogP contribution in [0.3, 0.4) is 0 Å². The SMILES string of the molecule is FC(F)(F)c1ccc(COCc2ccc(Br)cc2)cc1. The fourth-order valence-electron chi connectivity index (χ4n) is 1.66. The summed E-state index contributed by atoms with van der Waals surface area (Å²) in [5.74, 6) is 0. The average molecular weight is 345 g/mol. The third kappa shape index (κ3) is 4.35. The molecule has 0 unspecified atom stereocenters. The van der Waals surface area contributed by atoms with E-state index < -0.39 is 11.7 Å². The van der Waals surface area contributed by atoms with Gasteiger partial charge < -0.3 is 4.74 Å². The van der Waals surface area contributed by atoms with Crippen molar-refractivity contribution in [1.82, 2.24) is 0 Å². The Bertz CT molecular complexity index is 547. The smallest absolute Gasteiger partial charge is 0.372 e. The molecule has 0 spiro atoms. The topological polar surface area (TPSA) is 9.23 Å². The molecule has 0 heterocycles. The van der Waals surface area contributed by atoms with Gasteiger partial charge >= 0.3 is 6.18 Å². The minimum Gasteiger partial charge on any atom is -0.372 e. The van der Waals surface area contributed by atoms with Crippen molar-refractivity contribution in [3.05, 3.63) is 69.7 Å². The summed E-state index contributed by atoms with van der Waals surface area (Å²) in [4.78, 5) is 0. The Hall–Kier alpha value is -1.33. The Balaban J connectivity index is 1.87. The first-order valence-corrected chi connectivity index (χ1v) is 6.73. The van der Waals surface area contributed by atoms with E-state index in [2.05, 4.69) is 15.9 Å². The predicted molar refractivity (Wildman–Crippen MR) is 74.1 cm³/mol. The highest BCUT2D eigenvalue weighted by Crippen LogP contribution is 2.29. The molecule has 20 heavy (non-hydrogen) atoms. The minimum atomic E-state index is -4.29. The lowest BCUT2D eigenvalue weighted by Crippen LogP contribution is -2.04. The first-order chi connectivity index (χ1) is 9.45. The van der Waals surface area contributed by atoms with Crippen molar-refractivity contribution in [2.45, 2.75) is 19.4 Å². The Morgan fingerprint density at radius 1 is 0.800 bits per heavy atom. The van der Waals surface area contributed by atoms with Crippen molar-refractivity contribution in [3.8, 4) is 0 Å². The van der Waals surface area contributed by atoms with Crippen LogP contribution in [0.2, 0.25) is 0 Å². The molecule has 2 aromatic rings.